The molecule has 2 aromatic heterocycles. The van der Waals surface area contributed by atoms with Crippen LogP contribution in [-0.2, 0) is 11.3 Å². The number of anilines is 1. The fraction of sp³-hybridized carbons (Fsp3) is 0.286. The Labute approximate surface area is 163 Å². The zero-order valence-corrected chi connectivity index (χ0v) is 16.3. The third-order valence-corrected chi connectivity index (χ3v) is 5.18. The van der Waals surface area contributed by atoms with Crippen molar-refractivity contribution in [2.75, 3.05) is 11.4 Å². The number of carbonyl (C=O) groups is 1. The first-order valence-corrected chi connectivity index (χ1v) is 9.83. The maximum Gasteiger partial charge on any atom is 0.305 e. The van der Waals surface area contributed by atoms with Gasteiger partial charge in [-0.3, -0.25) is 4.79 Å². The predicted molar refractivity (Wildman–Crippen MR) is 109 cm³/mol. The molecule has 0 aliphatic carbocycles. The van der Waals surface area contributed by atoms with Crippen LogP contribution in [0.4, 0.5) is 5.95 Å². The summed E-state index contributed by atoms with van der Waals surface area (Å²) in [5.41, 5.74) is 3.15. The van der Waals surface area contributed by atoms with Crippen LogP contribution < -0.4 is 4.90 Å². The lowest BCUT2D eigenvalue weighted by Crippen LogP contribution is -2.27. The summed E-state index contributed by atoms with van der Waals surface area (Å²) in [6.45, 7) is 5.30. The molecule has 1 N–H and O–H groups in total. The molecule has 0 aliphatic heterocycles. The Hall–Kier alpha value is -2.73. The van der Waals surface area contributed by atoms with Crippen LogP contribution in [0.5, 0.6) is 0 Å². The van der Waals surface area contributed by atoms with Crippen LogP contribution in [0, 0.1) is 0 Å². The van der Waals surface area contributed by atoms with Crippen LogP contribution in [0.3, 0.4) is 0 Å². The van der Waals surface area contributed by atoms with E-state index in [9.17, 15) is 4.79 Å². The topological polar surface area (TPSA) is 66.3 Å². The molecule has 0 aliphatic rings. The molecule has 0 spiro atoms. The number of aromatic nitrogens is 2. The van der Waals surface area contributed by atoms with Crippen molar-refractivity contribution in [3.05, 3.63) is 64.5 Å². The summed E-state index contributed by atoms with van der Waals surface area (Å²) in [7, 11) is 0. The highest BCUT2D eigenvalue weighted by molar-refractivity contribution is 7.09. The van der Waals surface area contributed by atoms with Crippen molar-refractivity contribution < 1.29 is 9.90 Å². The SMILES string of the molecule is CC(C)c1ccc(-c2ccnc(N(CCC(=O)O)Cc3cccs3)n2)cc1. The number of hydrogen-bond donors (Lipinski definition) is 1. The largest absolute Gasteiger partial charge is 0.481 e. The fourth-order valence-electron chi connectivity index (χ4n) is 2.77. The van der Waals surface area contributed by atoms with E-state index in [1.54, 1.807) is 17.5 Å². The van der Waals surface area contributed by atoms with Gasteiger partial charge >= 0.3 is 5.97 Å². The number of aliphatic carboxylic acids is 1. The quantitative estimate of drug-likeness (QED) is 0.606. The molecule has 0 bridgehead atoms. The molecule has 0 radical (unpaired) electrons. The summed E-state index contributed by atoms with van der Waals surface area (Å²) < 4.78 is 0. The highest BCUT2D eigenvalue weighted by atomic mass is 32.1. The van der Waals surface area contributed by atoms with Gasteiger partial charge in [-0.25, -0.2) is 9.97 Å². The molecular weight excluding hydrogens is 358 g/mol. The molecule has 0 saturated heterocycles. The van der Waals surface area contributed by atoms with E-state index in [-0.39, 0.29) is 6.42 Å². The Morgan fingerprint density at radius 1 is 1.19 bits per heavy atom. The van der Waals surface area contributed by atoms with Crippen LogP contribution in [-0.4, -0.2) is 27.6 Å². The fourth-order valence-corrected chi connectivity index (χ4v) is 3.49. The molecule has 0 amide bonds. The van der Waals surface area contributed by atoms with Crippen molar-refractivity contribution in [1.29, 1.82) is 0 Å². The highest BCUT2D eigenvalue weighted by Crippen LogP contribution is 2.23. The molecule has 0 atom stereocenters. The van der Waals surface area contributed by atoms with Gasteiger partial charge < -0.3 is 10.0 Å². The van der Waals surface area contributed by atoms with Gasteiger partial charge in [0.15, 0.2) is 0 Å². The van der Waals surface area contributed by atoms with Gasteiger partial charge in [0.1, 0.15) is 0 Å². The Balaban J connectivity index is 1.86. The van der Waals surface area contributed by atoms with Gasteiger partial charge in [-0.1, -0.05) is 44.2 Å². The maximum atomic E-state index is 11.0. The van der Waals surface area contributed by atoms with E-state index in [1.807, 2.05) is 28.5 Å². The summed E-state index contributed by atoms with van der Waals surface area (Å²) in [5, 5.41) is 11.1. The Bertz CT molecular complexity index is 877. The summed E-state index contributed by atoms with van der Waals surface area (Å²) in [5.74, 6) is 0.207. The van der Waals surface area contributed by atoms with Crippen LogP contribution in [0.2, 0.25) is 0 Å². The summed E-state index contributed by atoms with van der Waals surface area (Å²) >= 11 is 1.64. The molecule has 2 heterocycles. The zero-order chi connectivity index (χ0) is 19.2. The Kier molecular flexibility index (Phi) is 6.19. The van der Waals surface area contributed by atoms with Gasteiger partial charge in [-0.15, -0.1) is 11.3 Å². The second-order valence-corrected chi connectivity index (χ2v) is 7.70. The smallest absolute Gasteiger partial charge is 0.305 e. The lowest BCUT2D eigenvalue weighted by molar-refractivity contribution is -0.136. The highest BCUT2D eigenvalue weighted by Gasteiger charge is 2.14. The van der Waals surface area contributed by atoms with E-state index in [1.165, 1.54) is 5.56 Å². The van der Waals surface area contributed by atoms with Crippen molar-refractivity contribution in [3.8, 4) is 11.3 Å². The van der Waals surface area contributed by atoms with Gasteiger partial charge in [0, 0.05) is 23.2 Å². The van der Waals surface area contributed by atoms with E-state index >= 15 is 0 Å². The third-order valence-electron chi connectivity index (χ3n) is 4.32. The van der Waals surface area contributed by atoms with E-state index in [2.05, 4.69) is 43.1 Å². The van der Waals surface area contributed by atoms with Gasteiger partial charge in [0.05, 0.1) is 18.7 Å². The number of hydrogen-bond acceptors (Lipinski definition) is 5. The average molecular weight is 382 g/mol. The van der Waals surface area contributed by atoms with Crippen molar-refractivity contribution in [2.45, 2.75) is 32.7 Å². The normalized spacial score (nSPS) is 10.9. The molecule has 0 unspecified atom stereocenters. The molecule has 0 fully saturated rings. The molecule has 6 heteroatoms. The number of carboxylic acids is 1. The monoisotopic (exact) mass is 381 g/mol. The summed E-state index contributed by atoms with van der Waals surface area (Å²) in [6.07, 6.45) is 1.78. The lowest BCUT2D eigenvalue weighted by Gasteiger charge is -2.21. The van der Waals surface area contributed by atoms with Crippen LogP contribution in [0.15, 0.2) is 54.0 Å². The van der Waals surface area contributed by atoms with Crippen LogP contribution in [0.25, 0.3) is 11.3 Å². The number of thiophene rings is 1. The van der Waals surface area contributed by atoms with Gasteiger partial charge in [0.25, 0.3) is 0 Å². The van der Waals surface area contributed by atoms with Gasteiger partial charge in [-0.05, 0) is 29.0 Å². The van der Waals surface area contributed by atoms with Gasteiger partial charge in [0.2, 0.25) is 5.95 Å². The second-order valence-electron chi connectivity index (χ2n) is 6.66. The second kappa shape index (κ2) is 8.77. The molecule has 5 nitrogen and oxygen atoms in total. The standard InChI is InChI=1S/C21H23N3O2S/c1-15(2)16-5-7-17(8-6-16)19-9-11-22-21(23-19)24(12-10-20(25)26)14-18-4-3-13-27-18/h3-9,11,13,15H,10,12,14H2,1-2H3,(H,25,26). The predicted octanol–water partition coefficient (Wildman–Crippen LogP) is 4.81. The minimum atomic E-state index is -0.827. The molecule has 3 aromatic rings. The first-order chi connectivity index (χ1) is 13.0. The third kappa shape index (κ3) is 5.14. The van der Waals surface area contributed by atoms with E-state index in [4.69, 9.17) is 10.1 Å². The molecule has 27 heavy (non-hydrogen) atoms. The molecule has 1 aromatic carbocycles. The molecule has 140 valence electrons. The molecule has 3 rings (SSSR count). The Morgan fingerprint density at radius 3 is 2.59 bits per heavy atom. The van der Waals surface area contributed by atoms with Crippen molar-refractivity contribution in [3.63, 3.8) is 0 Å². The van der Waals surface area contributed by atoms with Crippen molar-refractivity contribution in [2.24, 2.45) is 0 Å². The van der Waals surface area contributed by atoms with Gasteiger partial charge in [-0.2, -0.15) is 0 Å². The lowest BCUT2D eigenvalue weighted by atomic mass is 10.0. The number of rotatable bonds is 8. The number of nitrogens with zero attached hydrogens (tertiary/aromatic N) is 3. The zero-order valence-electron chi connectivity index (χ0n) is 15.5. The molecular formula is C21H23N3O2S. The van der Waals surface area contributed by atoms with E-state index in [0.717, 1.165) is 16.1 Å². The van der Waals surface area contributed by atoms with Crippen LogP contribution in [0.1, 0.15) is 36.6 Å². The van der Waals surface area contributed by atoms with Crippen LogP contribution >= 0.6 is 11.3 Å². The Morgan fingerprint density at radius 2 is 1.96 bits per heavy atom. The average Bonchev–Trinajstić information content (AvgIpc) is 3.18. The number of carboxylic acid groups (broad SMARTS) is 1. The van der Waals surface area contributed by atoms with E-state index in [0.29, 0.717) is 25.0 Å². The number of benzene rings is 1. The summed E-state index contributed by atoms with van der Waals surface area (Å²) in [6, 6.07) is 14.3. The van der Waals surface area contributed by atoms with E-state index < -0.39 is 5.97 Å². The minimum Gasteiger partial charge on any atom is -0.481 e. The summed E-state index contributed by atoms with van der Waals surface area (Å²) in [4.78, 5) is 23.2. The minimum absolute atomic E-state index is 0.0437. The first-order valence-electron chi connectivity index (χ1n) is 8.95. The van der Waals surface area contributed by atoms with Crippen molar-refractivity contribution in [1.82, 2.24) is 9.97 Å². The first kappa shape index (κ1) is 19.0. The molecule has 0 saturated carbocycles. The van der Waals surface area contributed by atoms with Crippen molar-refractivity contribution >= 4 is 23.3 Å². The maximum absolute atomic E-state index is 11.0.